The molecule has 0 saturated carbocycles. The Morgan fingerprint density at radius 3 is 2.73 bits per heavy atom. The maximum atomic E-state index is 12.8. The number of aromatic amines is 1. The molecule has 10 heteroatoms. The molecule has 2 aliphatic heterocycles. The highest BCUT2D eigenvalue weighted by Crippen LogP contribution is 2.22. The van der Waals surface area contributed by atoms with E-state index in [1.807, 2.05) is 30.5 Å². The second-order valence-corrected chi connectivity index (χ2v) is 9.96. The van der Waals surface area contributed by atoms with E-state index in [1.165, 1.54) is 4.90 Å². The highest BCUT2D eigenvalue weighted by Gasteiger charge is 2.41. The highest BCUT2D eigenvalue weighted by molar-refractivity contribution is 7.91. The molecule has 30 heavy (non-hydrogen) atoms. The number of rotatable bonds is 6. The zero-order valence-corrected chi connectivity index (χ0v) is 17.4. The van der Waals surface area contributed by atoms with Gasteiger partial charge in [0.2, 0.25) is 5.91 Å². The molecule has 2 saturated heterocycles. The van der Waals surface area contributed by atoms with Crippen molar-refractivity contribution in [3.05, 3.63) is 36.0 Å². The molecule has 1 aromatic carbocycles. The first kappa shape index (κ1) is 20.4. The average molecular weight is 433 g/mol. The number of carbonyl (C=O) groups is 3. The van der Waals surface area contributed by atoms with E-state index in [-0.39, 0.29) is 18.1 Å². The van der Waals surface area contributed by atoms with E-state index in [2.05, 4.69) is 10.3 Å². The van der Waals surface area contributed by atoms with E-state index < -0.39 is 39.8 Å². The van der Waals surface area contributed by atoms with Gasteiger partial charge in [-0.15, -0.1) is 0 Å². The van der Waals surface area contributed by atoms with Crippen molar-refractivity contribution in [3.8, 4) is 0 Å². The van der Waals surface area contributed by atoms with Crippen LogP contribution in [0.5, 0.6) is 0 Å². The summed E-state index contributed by atoms with van der Waals surface area (Å²) < 4.78 is 23.5. The molecule has 0 spiro atoms. The van der Waals surface area contributed by atoms with Crippen LogP contribution >= 0.6 is 0 Å². The third-order valence-electron chi connectivity index (χ3n) is 5.81. The standard InChI is InChI=1S/C20H24N4O5S/c1-2-23(14-7-8-30(28,29)12-14)18(25)11-24-19(26)17(22-20(24)27)9-13-10-21-16-6-4-3-5-15(13)16/h3-6,10,14,17,21H,2,7-9,11-12H2,1H3,(H,22,27)/t14-,17+/m0/s1. The van der Waals surface area contributed by atoms with Crippen molar-refractivity contribution in [2.24, 2.45) is 0 Å². The molecule has 2 fully saturated rings. The van der Waals surface area contributed by atoms with Gasteiger partial charge in [0.05, 0.1) is 11.5 Å². The van der Waals surface area contributed by atoms with Crippen molar-refractivity contribution in [3.63, 3.8) is 0 Å². The molecule has 2 N–H and O–H groups in total. The number of para-hydroxylation sites is 1. The van der Waals surface area contributed by atoms with Crippen LogP contribution in [0.4, 0.5) is 4.79 Å². The number of nitrogens with zero attached hydrogens (tertiary/aromatic N) is 2. The van der Waals surface area contributed by atoms with Crippen LogP contribution in [0.2, 0.25) is 0 Å². The quantitative estimate of drug-likeness (QED) is 0.650. The lowest BCUT2D eigenvalue weighted by atomic mass is 10.1. The molecule has 4 amide bonds. The lowest BCUT2D eigenvalue weighted by Crippen LogP contribution is -2.47. The van der Waals surface area contributed by atoms with Crippen molar-refractivity contribution in [1.29, 1.82) is 0 Å². The Balaban J connectivity index is 1.44. The lowest BCUT2D eigenvalue weighted by Gasteiger charge is -2.28. The first-order chi connectivity index (χ1) is 14.3. The molecule has 0 aliphatic carbocycles. The number of nitrogens with one attached hydrogen (secondary N) is 2. The average Bonchev–Trinajstić information content (AvgIpc) is 3.35. The number of hydrogen-bond donors (Lipinski definition) is 2. The number of hydrogen-bond acceptors (Lipinski definition) is 5. The van der Waals surface area contributed by atoms with Gasteiger partial charge in [-0.2, -0.15) is 0 Å². The minimum absolute atomic E-state index is 0.0529. The summed E-state index contributed by atoms with van der Waals surface area (Å²) in [5.74, 6) is -0.891. The number of imide groups is 1. The van der Waals surface area contributed by atoms with E-state index in [9.17, 15) is 22.8 Å². The SMILES string of the molecule is CCN(C(=O)CN1C(=O)N[C@H](Cc2c[nH]c3ccccc23)C1=O)[C@H]1CCS(=O)(=O)C1. The monoisotopic (exact) mass is 432 g/mol. The van der Waals surface area contributed by atoms with E-state index in [0.29, 0.717) is 19.4 Å². The van der Waals surface area contributed by atoms with Crippen LogP contribution in [-0.2, 0) is 25.8 Å². The summed E-state index contributed by atoms with van der Waals surface area (Å²) in [6.45, 7) is 1.69. The second-order valence-electron chi connectivity index (χ2n) is 7.73. The van der Waals surface area contributed by atoms with Crippen molar-refractivity contribution >= 4 is 38.6 Å². The van der Waals surface area contributed by atoms with Gasteiger partial charge in [-0.25, -0.2) is 13.2 Å². The first-order valence-electron chi connectivity index (χ1n) is 9.96. The Morgan fingerprint density at radius 1 is 1.27 bits per heavy atom. The molecule has 2 atom stereocenters. The largest absolute Gasteiger partial charge is 0.361 e. The van der Waals surface area contributed by atoms with Crippen LogP contribution in [0.1, 0.15) is 18.9 Å². The molecule has 2 aromatic rings. The Labute approximate surface area is 174 Å². The van der Waals surface area contributed by atoms with Gasteiger partial charge < -0.3 is 15.2 Å². The summed E-state index contributed by atoms with van der Waals surface area (Å²) in [5, 5.41) is 3.64. The molecule has 0 bridgehead atoms. The normalized spacial score (nSPS) is 23.2. The number of sulfone groups is 1. The maximum Gasteiger partial charge on any atom is 0.325 e. The van der Waals surface area contributed by atoms with Crippen LogP contribution in [0.15, 0.2) is 30.5 Å². The lowest BCUT2D eigenvalue weighted by molar-refractivity contribution is -0.138. The molecule has 160 valence electrons. The topological polar surface area (TPSA) is 120 Å². The molecule has 9 nitrogen and oxygen atoms in total. The van der Waals surface area contributed by atoms with Crippen molar-refractivity contribution in [1.82, 2.24) is 20.1 Å². The predicted octanol–water partition coefficient (Wildman–Crippen LogP) is 0.666. The molecule has 3 heterocycles. The summed E-state index contributed by atoms with van der Waals surface area (Å²) in [6.07, 6.45) is 2.51. The van der Waals surface area contributed by atoms with E-state index in [4.69, 9.17) is 0 Å². The zero-order chi connectivity index (χ0) is 21.5. The summed E-state index contributed by atoms with van der Waals surface area (Å²) in [4.78, 5) is 43.5. The van der Waals surface area contributed by atoms with E-state index in [0.717, 1.165) is 21.4 Å². The Bertz CT molecular complexity index is 1110. The van der Waals surface area contributed by atoms with Gasteiger partial charge >= 0.3 is 6.03 Å². The van der Waals surface area contributed by atoms with Crippen LogP contribution < -0.4 is 5.32 Å². The molecule has 2 aliphatic rings. The van der Waals surface area contributed by atoms with Gasteiger partial charge in [0.25, 0.3) is 5.91 Å². The van der Waals surface area contributed by atoms with Crippen LogP contribution in [-0.4, -0.2) is 77.7 Å². The third kappa shape index (κ3) is 3.79. The Kier molecular flexibility index (Phi) is 5.27. The molecule has 0 radical (unpaired) electrons. The molecular weight excluding hydrogens is 408 g/mol. The Morgan fingerprint density at radius 2 is 2.03 bits per heavy atom. The Hall–Kier alpha value is -2.88. The smallest absolute Gasteiger partial charge is 0.325 e. The number of aromatic nitrogens is 1. The number of amides is 4. The van der Waals surface area contributed by atoms with Gasteiger partial charge in [0, 0.05) is 36.1 Å². The number of fused-ring (bicyclic) bond motifs is 1. The van der Waals surface area contributed by atoms with Crippen molar-refractivity contribution < 1.29 is 22.8 Å². The fourth-order valence-corrected chi connectivity index (χ4v) is 6.00. The number of H-pyrrole nitrogens is 1. The minimum atomic E-state index is -3.15. The molecule has 0 unspecified atom stereocenters. The van der Waals surface area contributed by atoms with Gasteiger partial charge in [-0.05, 0) is 25.0 Å². The summed E-state index contributed by atoms with van der Waals surface area (Å²) in [7, 11) is -3.15. The van der Waals surface area contributed by atoms with Gasteiger partial charge in [-0.1, -0.05) is 18.2 Å². The number of benzene rings is 1. The minimum Gasteiger partial charge on any atom is -0.361 e. The maximum absolute atomic E-state index is 12.8. The van der Waals surface area contributed by atoms with Crippen molar-refractivity contribution in [2.45, 2.75) is 31.8 Å². The van der Waals surface area contributed by atoms with Crippen LogP contribution in [0.25, 0.3) is 10.9 Å². The van der Waals surface area contributed by atoms with Gasteiger partial charge in [0.15, 0.2) is 9.84 Å². The van der Waals surface area contributed by atoms with E-state index >= 15 is 0 Å². The number of carbonyl (C=O) groups excluding carboxylic acids is 3. The highest BCUT2D eigenvalue weighted by atomic mass is 32.2. The van der Waals surface area contributed by atoms with Gasteiger partial charge in [-0.3, -0.25) is 14.5 Å². The third-order valence-corrected chi connectivity index (χ3v) is 7.56. The number of likely N-dealkylation sites (N-methyl/N-ethyl adjacent to an activating group) is 1. The number of urea groups is 1. The summed E-state index contributed by atoms with van der Waals surface area (Å²) in [6, 6.07) is 5.94. The predicted molar refractivity (Wildman–Crippen MR) is 110 cm³/mol. The first-order valence-corrected chi connectivity index (χ1v) is 11.8. The molecule has 1 aromatic heterocycles. The second kappa shape index (κ2) is 7.75. The fraction of sp³-hybridized carbons (Fsp3) is 0.450. The van der Waals surface area contributed by atoms with Gasteiger partial charge in [0.1, 0.15) is 12.6 Å². The van der Waals surface area contributed by atoms with E-state index in [1.54, 1.807) is 6.92 Å². The van der Waals surface area contributed by atoms with Crippen LogP contribution in [0, 0.1) is 0 Å². The summed E-state index contributed by atoms with van der Waals surface area (Å²) >= 11 is 0. The molecular formula is C20H24N4O5S. The van der Waals surface area contributed by atoms with Crippen molar-refractivity contribution in [2.75, 3.05) is 24.6 Å². The molecule has 4 rings (SSSR count). The zero-order valence-electron chi connectivity index (χ0n) is 16.6. The van der Waals surface area contributed by atoms with Crippen LogP contribution in [0.3, 0.4) is 0 Å². The summed E-state index contributed by atoms with van der Waals surface area (Å²) in [5.41, 5.74) is 1.85. The fourth-order valence-electron chi connectivity index (χ4n) is 4.27.